The summed E-state index contributed by atoms with van der Waals surface area (Å²) in [5.41, 5.74) is 1.83. The van der Waals surface area contributed by atoms with Crippen LogP contribution < -0.4 is 0 Å². The lowest BCUT2D eigenvalue weighted by molar-refractivity contribution is 0.0990. The normalized spacial score (nSPS) is 21.3. The summed E-state index contributed by atoms with van der Waals surface area (Å²) in [6, 6.07) is 6.34. The van der Waals surface area contributed by atoms with E-state index in [2.05, 4.69) is 5.10 Å². The number of rotatable bonds is 2. The number of benzene rings is 1. The predicted molar refractivity (Wildman–Crippen MR) is 97.4 cm³/mol. The van der Waals surface area contributed by atoms with Gasteiger partial charge >= 0.3 is 0 Å². The third-order valence-corrected chi connectivity index (χ3v) is 6.95. The molecule has 1 atom stereocenters. The molecule has 0 radical (unpaired) electrons. The van der Waals surface area contributed by atoms with E-state index >= 15 is 0 Å². The van der Waals surface area contributed by atoms with Gasteiger partial charge in [-0.25, -0.2) is 13.1 Å². The highest BCUT2D eigenvalue weighted by molar-refractivity contribution is 7.91. The highest BCUT2D eigenvalue weighted by atomic mass is 35.5. The lowest BCUT2D eigenvalue weighted by atomic mass is 10.1. The summed E-state index contributed by atoms with van der Waals surface area (Å²) in [6.07, 6.45) is 1.91. The molecule has 0 spiro atoms. The van der Waals surface area contributed by atoms with Crippen molar-refractivity contribution in [1.82, 2.24) is 9.78 Å². The fourth-order valence-electron chi connectivity index (χ4n) is 3.45. The van der Waals surface area contributed by atoms with Gasteiger partial charge in [-0.05, 0) is 19.4 Å². The Balaban J connectivity index is 1.76. The van der Waals surface area contributed by atoms with Crippen molar-refractivity contribution in [2.24, 2.45) is 0 Å². The van der Waals surface area contributed by atoms with Crippen LogP contribution in [0.15, 0.2) is 29.8 Å². The minimum absolute atomic E-state index is 0.00679. The maximum Gasteiger partial charge on any atom is 0.197 e. The number of hydrogen-bond acceptors (Lipinski definition) is 5. The van der Waals surface area contributed by atoms with Crippen LogP contribution >= 0.6 is 11.6 Å². The quantitative estimate of drug-likeness (QED) is 0.581. The second-order valence-corrected chi connectivity index (χ2v) is 9.14. The van der Waals surface area contributed by atoms with Crippen LogP contribution in [0.1, 0.15) is 44.4 Å². The number of fused-ring (bicyclic) bond motifs is 1. The highest BCUT2D eigenvalue weighted by Crippen LogP contribution is 2.33. The maximum absolute atomic E-state index is 12.5. The van der Waals surface area contributed by atoms with Gasteiger partial charge in [0.25, 0.3) is 0 Å². The summed E-state index contributed by atoms with van der Waals surface area (Å²) in [7, 11) is -3.08. The van der Waals surface area contributed by atoms with Crippen molar-refractivity contribution >= 4 is 39.1 Å². The lowest BCUT2D eigenvalue weighted by Gasteiger charge is -2.09. The molecule has 2 aromatic rings. The molecule has 26 heavy (non-hydrogen) atoms. The minimum atomic E-state index is -3.08. The molecular formula is C18H15ClN2O4S. The first-order valence-corrected chi connectivity index (χ1v) is 10.3. The molecule has 1 aliphatic heterocycles. The van der Waals surface area contributed by atoms with Gasteiger partial charge in [-0.1, -0.05) is 35.9 Å². The molecule has 2 heterocycles. The van der Waals surface area contributed by atoms with Crippen LogP contribution in [-0.4, -0.2) is 41.3 Å². The molecule has 1 saturated heterocycles. The fourth-order valence-corrected chi connectivity index (χ4v) is 5.51. The number of carbonyl (C=O) groups is 2. The largest absolute Gasteiger partial charge is 0.288 e. The number of aromatic nitrogens is 2. The Labute approximate surface area is 155 Å². The highest BCUT2D eigenvalue weighted by Gasteiger charge is 2.35. The molecule has 8 heteroatoms. The van der Waals surface area contributed by atoms with E-state index < -0.39 is 9.84 Å². The van der Waals surface area contributed by atoms with Crippen LogP contribution in [0.5, 0.6) is 0 Å². The van der Waals surface area contributed by atoms with Crippen molar-refractivity contribution in [1.29, 1.82) is 0 Å². The Bertz CT molecular complexity index is 1060. The van der Waals surface area contributed by atoms with E-state index in [9.17, 15) is 18.0 Å². The van der Waals surface area contributed by atoms with E-state index in [1.54, 1.807) is 31.2 Å². The molecule has 0 N–H and O–H groups in total. The van der Waals surface area contributed by atoms with Crippen molar-refractivity contribution in [3.05, 3.63) is 57.4 Å². The number of sulfone groups is 1. The molecule has 1 aliphatic carbocycles. The van der Waals surface area contributed by atoms with Gasteiger partial charge in [0.2, 0.25) is 0 Å². The van der Waals surface area contributed by atoms with E-state index in [4.69, 9.17) is 11.6 Å². The second kappa shape index (κ2) is 5.89. The topological polar surface area (TPSA) is 86.1 Å². The average Bonchev–Trinajstić information content (AvgIpc) is 3.18. The standard InChI is InChI=1S/C18H15ClN2O4S/c1-10-14(18(19)21(20-10)11-6-7-26(24,25)9-11)8-15-16(22)12-4-2-3-5-13(12)17(15)23/h2-5,8,11H,6-7,9H2,1H3/t11-/m1/s1. The molecule has 2 aliphatic rings. The summed E-state index contributed by atoms with van der Waals surface area (Å²) < 4.78 is 24.9. The number of ketones is 2. The monoisotopic (exact) mass is 390 g/mol. The number of hydrogen-bond donors (Lipinski definition) is 0. The minimum Gasteiger partial charge on any atom is -0.288 e. The molecule has 134 valence electrons. The average molecular weight is 391 g/mol. The van der Waals surface area contributed by atoms with Gasteiger partial charge in [-0.15, -0.1) is 0 Å². The van der Waals surface area contributed by atoms with Crippen LogP contribution in [0.4, 0.5) is 0 Å². The number of allylic oxidation sites excluding steroid dienone is 1. The third kappa shape index (κ3) is 2.62. The first-order chi connectivity index (χ1) is 12.3. The SMILES string of the molecule is Cc1nn([C@@H]2CCS(=O)(=O)C2)c(Cl)c1C=C1C(=O)c2ccccc2C1=O. The molecule has 4 rings (SSSR count). The van der Waals surface area contributed by atoms with E-state index in [-0.39, 0.29) is 39.8 Å². The van der Waals surface area contributed by atoms with E-state index in [1.165, 1.54) is 10.8 Å². The molecule has 0 saturated carbocycles. The predicted octanol–water partition coefficient (Wildman–Crippen LogP) is 2.67. The van der Waals surface area contributed by atoms with Gasteiger partial charge in [0.05, 0.1) is 28.8 Å². The number of aryl methyl sites for hydroxylation is 1. The van der Waals surface area contributed by atoms with E-state index in [0.717, 1.165) is 0 Å². The van der Waals surface area contributed by atoms with Crippen molar-refractivity contribution in [2.75, 3.05) is 11.5 Å². The zero-order valence-corrected chi connectivity index (χ0v) is 15.5. The van der Waals surface area contributed by atoms with Crippen molar-refractivity contribution in [2.45, 2.75) is 19.4 Å². The molecule has 1 aromatic heterocycles. The zero-order valence-electron chi connectivity index (χ0n) is 13.9. The molecule has 1 aromatic carbocycles. The molecule has 0 bridgehead atoms. The van der Waals surface area contributed by atoms with Crippen LogP contribution in [0, 0.1) is 6.92 Å². The van der Waals surface area contributed by atoms with Gasteiger partial charge in [-0.3, -0.25) is 9.59 Å². The fraction of sp³-hybridized carbons (Fsp3) is 0.278. The Morgan fingerprint density at radius 3 is 2.35 bits per heavy atom. The van der Waals surface area contributed by atoms with Crippen molar-refractivity contribution in [3.8, 4) is 0 Å². The first-order valence-electron chi connectivity index (χ1n) is 8.13. The number of Topliss-reactive ketones (excluding diaryl/α,β-unsaturated/α-hetero) is 2. The van der Waals surface area contributed by atoms with Gasteiger partial charge in [0, 0.05) is 16.7 Å². The smallest absolute Gasteiger partial charge is 0.197 e. The van der Waals surface area contributed by atoms with Gasteiger partial charge < -0.3 is 0 Å². The first kappa shape index (κ1) is 17.2. The van der Waals surface area contributed by atoms with Crippen LogP contribution in [0.2, 0.25) is 5.15 Å². The molecule has 0 amide bonds. The summed E-state index contributed by atoms with van der Waals surface area (Å²) in [5.74, 6) is -0.572. The second-order valence-electron chi connectivity index (χ2n) is 6.55. The van der Waals surface area contributed by atoms with E-state index in [1.807, 2.05) is 0 Å². The van der Waals surface area contributed by atoms with Crippen molar-refractivity contribution in [3.63, 3.8) is 0 Å². The lowest BCUT2D eigenvalue weighted by Crippen LogP contribution is -2.12. The number of carbonyl (C=O) groups excluding carboxylic acids is 2. The Morgan fingerprint density at radius 2 is 1.81 bits per heavy atom. The number of nitrogens with zero attached hydrogens (tertiary/aromatic N) is 2. The van der Waals surface area contributed by atoms with Crippen LogP contribution in [0.3, 0.4) is 0 Å². The third-order valence-electron chi connectivity index (χ3n) is 4.82. The van der Waals surface area contributed by atoms with E-state index in [0.29, 0.717) is 28.8 Å². The summed E-state index contributed by atoms with van der Waals surface area (Å²) in [4.78, 5) is 25.1. The number of halogens is 1. The van der Waals surface area contributed by atoms with Gasteiger partial charge in [-0.2, -0.15) is 5.10 Å². The molecule has 0 unspecified atom stereocenters. The summed E-state index contributed by atoms with van der Waals surface area (Å²) in [6.45, 7) is 1.72. The van der Waals surface area contributed by atoms with Crippen LogP contribution in [-0.2, 0) is 9.84 Å². The molecule has 1 fully saturated rings. The summed E-state index contributed by atoms with van der Waals surface area (Å²) >= 11 is 6.43. The summed E-state index contributed by atoms with van der Waals surface area (Å²) in [5, 5.41) is 4.60. The van der Waals surface area contributed by atoms with Gasteiger partial charge in [0.1, 0.15) is 5.15 Å². The Morgan fingerprint density at radius 1 is 1.19 bits per heavy atom. The Kier molecular flexibility index (Phi) is 3.89. The molecular weight excluding hydrogens is 376 g/mol. The van der Waals surface area contributed by atoms with Crippen LogP contribution in [0.25, 0.3) is 6.08 Å². The Hall–Kier alpha value is -2.25. The van der Waals surface area contributed by atoms with Crippen molar-refractivity contribution < 1.29 is 18.0 Å². The zero-order chi connectivity index (χ0) is 18.6. The maximum atomic E-state index is 12.5. The molecule has 6 nitrogen and oxygen atoms in total. The van der Waals surface area contributed by atoms with Gasteiger partial charge in [0.15, 0.2) is 21.4 Å².